The molecule has 0 fully saturated rings. The first kappa shape index (κ1) is 19.8. The maximum atomic E-state index is 12.5. The van der Waals surface area contributed by atoms with E-state index in [0.29, 0.717) is 23.9 Å². The van der Waals surface area contributed by atoms with Gasteiger partial charge in [-0.15, -0.1) is 0 Å². The number of halogens is 1. The predicted octanol–water partition coefficient (Wildman–Crippen LogP) is 4.59. The monoisotopic (exact) mass is 394 g/mol. The zero-order valence-electron chi connectivity index (χ0n) is 15.9. The van der Waals surface area contributed by atoms with Gasteiger partial charge in [-0.05, 0) is 38.0 Å². The third-order valence-electron chi connectivity index (χ3n) is 4.04. The van der Waals surface area contributed by atoms with E-state index in [4.69, 9.17) is 11.6 Å². The highest BCUT2D eigenvalue weighted by molar-refractivity contribution is 6.30. The van der Waals surface area contributed by atoms with Crippen molar-refractivity contribution in [1.29, 1.82) is 0 Å². The minimum atomic E-state index is -0.213. The van der Waals surface area contributed by atoms with E-state index >= 15 is 0 Å². The number of nitrogens with one attached hydrogen (secondary N) is 2. The van der Waals surface area contributed by atoms with Crippen molar-refractivity contribution in [2.45, 2.75) is 26.3 Å². The van der Waals surface area contributed by atoms with Crippen LogP contribution in [0.1, 0.15) is 29.9 Å². The second kappa shape index (κ2) is 9.33. The Morgan fingerprint density at radius 1 is 1.04 bits per heavy atom. The molecule has 0 aliphatic rings. The van der Waals surface area contributed by atoms with Crippen molar-refractivity contribution in [3.05, 3.63) is 76.9 Å². The number of benzene rings is 2. The van der Waals surface area contributed by atoms with Gasteiger partial charge in [0, 0.05) is 29.2 Å². The summed E-state index contributed by atoms with van der Waals surface area (Å²) in [7, 11) is 0. The van der Waals surface area contributed by atoms with E-state index in [0.717, 1.165) is 17.0 Å². The first-order valence-corrected chi connectivity index (χ1v) is 9.63. The zero-order valence-corrected chi connectivity index (χ0v) is 16.7. The van der Waals surface area contributed by atoms with Crippen molar-refractivity contribution in [3.63, 3.8) is 0 Å². The number of carbonyl (C=O) groups excluding carboxylic acids is 1. The third-order valence-corrected chi connectivity index (χ3v) is 4.30. The molecule has 6 heteroatoms. The highest BCUT2D eigenvalue weighted by Crippen LogP contribution is 2.18. The van der Waals surface area contributed by atoms with Crippen LogP contribution in [0.4, 0.5) is 5.82 Å². The van der Waals surface area contributed by atoms with Crippen LogP contribution in [-0.2, 0) is 6.42 Å². The highest BCUT2D eigenvalue weighted by atomic mass is 35.5. The molecule has 2 aromatic carbocycles. The average molecular weight is 395 g/mol. The van der Waals surface area contributed by atoms with Gasteiger partial charge < -0.3 is 10.6 Å². The van der Waals surface area contributed by atoms with E-state index < -0.39 is 0 Å². The largest absolute Gasteiger partial charge is 0.370 e. The molecule has 0 saturated heterocycles. The fourth-order valence-electron chi connectivity index (χ4n) is 2.69. The Bertz CT molecular complexity index is 927. The lowest BCUT2D eigenvalue weighted by Crippen LogP contribution is -2.31. The van der Waals surface area contributed by atoms with E-state index in [-0.39, 0.29) is 11.9 Å². The smallest absolute Gasteiger partial charge is 0.270 e. The Hall–Kier alpha value is -2.92. The Kier molecular flexibility index (Phi) is 6.61. The van der Waals surface area contributed by atoms with E-state index in [9.17, 15) is 4.79 Å². The minimum absolute atomic E-state index is 0.0314. The van der Waals surface area contributed by atoms with Crippen LogP contribution in [0.15, 0.2) is 60.7 Å². The van der Waals surface area contributed by atoms with Gasteiger partial charge in [0.2, 0.25) is 0 Å². The van der Waals surface area contributed by atoms with Crippen molar-refractivity contribution < 1.29 is 4.79 Å². The van der Waals surface area contributed by atoms with Crippen LogP contribution in [0.5, 0.6) is 0 Å². The van der Waals surface area contributed by atoms with Crippen LogP contribution < -0.4 is 10.6 Å². The molecule has 0 aliphatic carbocycles. The highest BCUT2D eigenvalue weighted by Gasteiger charge is 2.13. The van der Waals surface area contributed by atoms with Crippen LogP contribution in [0, 0.1) is 0 Å². The van der Waals surface area contributed by atoms with Gasteiger partial charge in [-0.2, -0.15) is 0 Å². The van der Waals surface area contributed by atoms with Gasteiger partial charge in [0.25, 0.3) is 5.91 Å². The second-order valence-corrected chi connectivity index (χ2v) is 7.20. The lowest BCUT2D eigenvalue weighted by molar-refractivity contribution is 0.0938. The number of rotatable bonds is 7. The summed E-state index contributed by atoms with van der Waals surface area (Å²) in [4.78, 5) is 21.5. The first-order valence-electron chi connectivity index (χ1n) is 9.25. The molecule has 0 radical (unpaired) electrons. The van der Waals surface area contributed by atoms with Gasteiger partial charge in [-0.1, -0.05) is 54.1 Å². The number of nitrogens with zero attached hydrogens (tertiary/aromatic N) is 2. The molecular formula is C22H23ClN4O. The molecular weight excluding hydrogens is 372 g/mol. The molecule has 28 heavy (non-hydrogen) atoms. The molecule has 0 spiro atoms. The summed E-state index contributed by atoms with van der Waals surface area (Å²) in [5, 5.41) is 6.91. The topological polar surface area (TPSA) is 66.9 Å². The summed E-state index contributed by atoms with van der Waals surface area (Å²) in [5.74, 6) is 0.929. The van der Waals surface area contributed by atoms with Crippen molar-refractivity contribution in [2.24, 2.45) is 0 Å². The van der Waals surface area contributed by atoms with E-state index in [1.165, 1.54) is 5.56 Å². The van der Waals surface area contributed by atoms with E-state index in [1.54, 1.807) is 6.07 Å². The van der Waals surface area contributed by atoms with Crippen molar-refractivity contribution in [3.8, 4) is 11.4 Å². The van der Waals surface area contributed by atoms with Gasteiger partial charge in [-0.25, -0.2) is 9.97 Å². The lowest BCUT2D eigenvalue weighted by atomic mass is 10.1. The van der Waals surface area contributed by atoms with Crippen molar-refractivity contribution in [2.75, 3.05) is 11.9 Å². The summed E-state index contributed by atoms with van der Waals surface area (Å²) < 4.78 is 0. The SMILES string of the molecule is CC(C)NC(=O)c1cc(NCCc2ccc(Cl)cc2)nc(-c2ccccc2)n1. The molecule has 2 N–H and O–H groups in total. The quantitative estimate of drug-likeness (QED) is 0.615. The Balaban J connectivity index is 1.80. The fourth-order valence-corrected chi connectivity index (χ4v) is 2.82. The van der Waals surface area contributed by atoms with Crippen LogP contribution in [0.3, 0.4) is 0 Å². The predicted molar refractivity (Wildman–Crippen MR) is 114 cm³/mol. The lowest BCUT2D eigenvalue weighted by Gasteiger charge is -2.12. The molecule has 1 heterocycles. The first-order chi connectivity index (χ1) is 13.5. The number of anilines is 1. The number of amides is 1. The molecule has 144 valence electrons. The standard InChI is InChI=1S/C22H23ClN4O/c1-15(2)25-22(28)19-14-20(24-13-12-16-8-10-18(23)11-9-16)27-21(26-19)17-6-4-3-5-7-17/h3-11,14-15H,12-13H2,1-2H3,(H,25,28)(H,24,26,27). The van der Waals surface area contributed by atoms with Crippen LogP contribution in [-0.4, -0.2) is 28.5 Å². The number of hydrogen-bond acceptors (Lipinski definition) is 4. The normalized spacial score (nSPS) is 10.7. The minimum Gasteiger partial charge on any atom is -0.370 e. The molecule has 0 unspecified atom stereocenters. The molecule has 1 amide bonds. The molecule has 0 atom stereocenters. The van der Waals surface area contributed by atoms with Crippen molar-refractivity contribution in [1.82, 2.24) is 15.3 Å². The maximum absolute atomic E-state index is 12.5. The molecule has 0 bridgehead atoms. The number of hydrogen-bond donors (Lipinski definition) is 2. The fraction of sp³-hybridized carbons (Fsp3) is 0.227. The Labute approximate surface area is 170 Å². The molecule has 3 rings (SSSR count). The molecule has 3 aromatic rings. The zero-order chi connectivity index (χ0) is 19.9. The molecule has 0 saturated carbocycles. The Morgan fingerprint density at radius 2 is 1.75 bits per heavy atom. The second-order valence-electron chi connectivity index (χ2n) is 6.76. The van der Waals surface area contributed by atoms with E-state index in [1.807, 2.05) is 68.4 Å². The van der Waals surface area contributed by atoms with Crippen LogP contribution in [0.25, 0.3) is 11.4 Å². The Morgan fingerprint density at radius 3 is 2.43 bits per heavy atom. The third kappa shape index (κ3) is 5.54. The van der Waals surface area contributed by atoms with Gasteiger partial charge >= 0.3 is 0 Å². The maximum Gasteiger partial charge on any atom is 0.270 e. The summed E-state index contributed by atoms with van der Waals surface area (Å²) in [6.45, 7) is 4.52. The number of carbonyl (C=O) groups is 1. The summed E-state index contributed by atoms with van der Waals surface area (Å²) in [5.41, 5.74) is 2.38. The average Bonchev–Trinajstić information content (AvgIpc) is 2.69. The van der Waals surface area contributed by atoms with Gasteiger partial charge in [0.15, 0.2) is 5.82 Å². The summed E-state index contributed by atoms with van der Waals surface area (Å²) >= 11 is 5.93. The molecule has 0 aliphatic heterocycles. The van der Waals surface area contributed by atoms with Crippen molar-refractivity contribution >= 4 is 23.3 Å². The number of aromatic nitrogens is 2. The van der Waals surface area contributed by atoms with Gasteiger partial charge in [0.1, 0.15) is 11.5 Å². The van der Waals surface area contributed by atoms with Gasteiger partial charge in [0.05, 0.1) is 0 Å². The van der Waals surface area contributed by atoms with E-state index in [2.05, 4.69) is 20.6 Å². The van der Waals surface area contributed by atoms with Gasteiger partial charge in [-0.3, -0.25) is 4.79 Å². The molecule has 5 nitrogen and oxygen atoms in total. The van der Waals surface area contributed by atoms with Crippen LogP contribution in [0.2, 0.25) is 5.02 Å². The summed E-state index contributed by atoms with van der Waals surface area (Å²) in [6, 6.07) is 19.1. The summed E-state index contributed by atoms with van der Waals surface area (Å²) in [6.07, 6.45) is 0.815. The molecule has 1 aromatic heterocycles. The van der Waals surface area contributed by atoms with Crippen LogP contribution >= 0.6 is 11.6 Å².